The lowest BCUT2D eigenvalue weighted by Crippen LogP contribution is -1.89. The van der Waals surface area contributed by atoms with Crippen molar-refractivity contribution in [2.24, 2.45) is 0 Å². The predicted octanol–water partition coefficient (Wildman–Crippen LogP) is 2.50. The van der Waals surface area contributed by atoms with Gasteiger partial charge in [-0.25, -0.2) is 4.39 Å². The van der Waals surface area contributed by atoms with Crippen molar-refractivity contribution < 1.29 is 9.13 Å². The van der Waals surface area contributed by atoms with E-state index in [4.69, 9.17) is 16.3 Å². The molecule has 0 saturated carbocycles. The van der Waals surface area contributed by atoms with Crippen LogP contribution in [0.15, 0.2) is 12.1 Å². The van der Waals surface area contributed by atoms with Crippen LogP contribution in [0.25, 0.3) is 0 Å². The summed E-state index contributed by atoms with van der Waals surface area (Å²) < 4.78 is 18.3. The Morgan fingerprint density at radius 2 is 2.33 bits per heavy atom. The normalized spacial score (nSPS) is 14.2. The van der Waals surface area contributed by atoms with E-state index in [0.29, 0.717) is 18.2 Å². The Hall–Kier alpha value is -0.760. The van der Waals surface area contributed by atoms with Gasteiger partial charge in [0.05, 0.1) is 6.61 Å². The van der Waals surface area contributed by atoms with Crippen LogP contribution in [0.2, 0.25) is 0 Å². The van der Waals surface area contributed by atoms with Crippen LogP contribution in [0.3, 0.4) is 0 Å². The zero-order valence-electron chi connectivity index (χ0n) is 6.44. The third-order valence-corrected chi connectivity index (χ3v) is 2.26. The minimum Gasteiger partial charge on any atom is -0.490 e. The van der Waals surface area contributed by atoms with Crippen LogP contribution in [0.1, 0.15) is 11.1 Å². The summed E-state index contributed by atoms with van der Waals surface area (Å²) in [5, 5.41) is 0. The molecule has 1 heterocycles. The van der Waals surface area contributed by atoms with Crippen LogP contribution in [0.4, 0.5) is 4.39 Å². The third kappa shape index (κ3) is 1.16. The topological polar surface area (TPSA) is 9.23 Å². The number of benzene rings is 1. The number of halogens is 2. The van der Waals surface area contributed by atoms with Gasteiger partial charge in [0.15, 0.2) is 11.6 Å². The molecule has 2 rings (SSSR count). The number of hydrogen-bond acceptors (Lipinski definition) is 1. The molecule has 1 aliphatic heterocycles. The van der Waals surface area contributed by atoms with Crippen molar-refractivity contribution in [2.45, 2.75) is 12.3 Å². The second kappa shape index (κ2) is 2.94. The van der Waals surface area contributed by atoms with Gasteiger partial charge in [0, 0.05) is 17.9 Å². The van der Waals surface area contributed by atoms with Gasteiger partial charge in [0.25, 0.3) is 0 Å². The number of fused-ring (bicyclic) bond motifs is 1. The van der Waals surface area contributed by atoms with E-state index >= 15 is 0 Å². The van der Waals surface area contributed by atoms with Crippen molar-refractivity contribution in [1.82, 2.24) is 0 Å². The van der Waals surface area contributed by atoms with Crippen LogP contribution >= 0.6 is 11.6 Å². The third-order valence-electron chi connectivity index (χ3n) is 1.95. The van der Waals surface area contributed by atoms with Gasteiger partial charge in [0.1, 0.15) is 0 Å². The van der Waals surface area contributed by atoms with Gasteiger partial charge in [0.2, 0.25) is 0 Å². The maximum absolute atomic E-state index is 13.2. The first kappa shape index (κ1) is 7.87. The second-order valence-corrected chi connectivity index (χ2v) is 3.07. The maximum atomic E-state index is 13.2. The van der Waals surface area contributed by atoms with Crippen molar-refractivity contribution in [3.8, 4) is 5.75 Å². The van der Waals surface area contributed by atoms with E-state index in [2.05, 4.69) is 0 Å². The number of alkyl halides is 1. The molecule has 0 fully saturated rings. The zero-order valence-corrected chi connectivity index (χ0v) is 7.20. The van der Waals surface area contributed by atoms with Crippen molar-refractivity contribution in [3.05, 3.63) is 29.1 Å². The summed E-state index contributed by atoms with van der Waals surface area (Å²) in [4.78, 5) is 0. The summed E-state index contributed by atoms with van der Waals surface area (Å²) in [6.07, 6.45) is 0.789. The predicted molar refractivity (Wildman–Crippen MR) is 45.2 cm³/mol. The van der Waals surface area contributed by atoms with Crippen LogP contribution in [-0.2, 0) is 12.3 Å². The Morgan fingerprint density at radius 3 is 3.08 bits per heavy atom. The molecule has 0 unspecified atom stereocenters. The van der Waals surface area contributed by atoms with Crippen LogP contribution < -0.4 is 4.74 Å². The number of ether oxygens (including phenoxy) is 1. The lowest BCUT2D eigenvalue weighted by molar-refractivity contribution is 0.339. The summed E-state index contributed by atoms with van der Waals surface area (Å²) >= 11 is 5.59. The molecule has 0 saturated heterocycles. The highest BCUT2D eigenvalue weighted by atomic mass is 35.5. The lowest BCUT2D eigenvalue weighted by atomic mass is 10.1. The highest BCUT2D eigenvalue weighted by molar-refractivity contribution is 6.17. The van der Waals surface area contributed by atoms with Gasteiger partial charge in [-0.3, -0.25) is 0 Å². The van der Waals surface area contributed by atoms with E-state index in [0.717, 1.165) is 17.5 Å². The highest BCUT2D eigenvalue weighted by Crippen LogP contribution is 2.29. The fraction of sp³-hybridized carbons (Fsp3) is 0.333. The number of rotatable bonds is 1. The molecule has 0 N–H and O–H groups in total. The zero-order chi connectivity index (χ0) is 8.55. The maximum Gasteiger partial charge on any atom is 0.165 e. The fourth-order valence-corrected chi connectivity index (χ4v) is 1.55. The number of hydrogen-bond donors (Lipinski definition) is 0. The monoisotopic (exact) mass is 186 g/mol. The minimum atomic E-state index is -0.291. The molecular formula is C9H8ClFO. The first-order valence-electron chi connectivity index (χ1n) is 3.81. The van der Waals surface area contributed by atoms with Gasteiger partial charge < -0.3 is 4.74 Å². The molecule has 1 aromatic rings. The van der Waals surface area contributed by atoms with Crippen molar-refractivity contribution in [1.29, 1.82) is 0 Å². The van der Waals surface area contributed by atoms with Gasteiger partial charge in [-0.15, -0.1) is 11.6 Å². The van der Waals surface area contributed by atoms with E-state index < -0.39 is 0 Å². The summed E-state index contributed by atoms with van der Waals surface area (Å²) in [5.41, 5.74) is 1.75. The van der Waals surface area contributed by atoms with Crippen LogP contribution in [-0.4, -0.2) is 6.61 Å². The Labute approximate surface area is 75.1 Å². The second-order valence-electron chi connectivity index (χ2n) is 2.80. The average Bonchev–Trinajstić information content (AvgIpc) is 2.52. The van der Waals surface area contributed by atoms with Gasteiger partial charge in [-0.05, 0) is 11.6 Å². The van der Waals surface area contributed by atoms with E-state index in [1.165, 1.54) is 6.07 Å². The molecule has 1 nitrogen and oxygen atoms in total. The van der Waals surface area contributed by atoms with E-state index in [1.54, 1.807) is 0 Å². The largest absolute Gasteiger partial charge is 0.490 e. The van der Waals surface area contributed by atoms with Gasteiger partial charge in [-0.1, -0.05) is 6.07 Å². The first-order chi connectivity index (χ1) is 5.81. The molecule has 0 radical (unpaired) electrons. The van der Waals surface area contributed by atoms with Crippen molar-refractivity contribution in [3.63, 3.8) is 0 Å². The van der Waals surface area contributed by atoms with E-state index in [1.807, 2.05) is 6.07 Å². The quantitative estimate of drug-likeness (QED) is 0.613. The molecule has 0 amide bonds. The minimum absolute atomic E-state index is 0.291. The molecule has 3 heteroatoms. The molecule has 64 valence electrons. The smallest absolute Gasteiger partial charge is 0.165 e. The summed E-state index contributed by atoms with van der Waals surface area (Å²) in [7, 11) is 0. The Morgan fingerprint density at radius 1 is 1.50 bits per heavy atom. The standard InChI is InChI=1S/C9H8ClFO/c10-5-6-3-7-1-2-12-9(7)8(11)4-6/h3-4H,1-2,5H2. The SMILES string of the molecule is Fc1cc(CCl)cc2c1OCC2. The van der Waals surface area contributed by atoms with Crippen LogP contribution in [0, 0.1) is 5.82 Å². The summed E-state index contributed by atoms with van der Waals surface area (Å²) in [6, 6.07) is 3.33. The van der Waals surface area contributed by atoms with E-state index in [-0.39, 0.29) is 5.82 Å². The van der Waals surface area contributed by atoms with Crippen molar-refractivity contribution >= 4 is 11.6 Å². The Kier molecular flexibility index (Phi) is 1.93. The molecule has 1 aromatic carbocycles. The van der Waals surface area contributed by atoms with E-state index in [9.17, 15) is 4.39 Å². The summed E-state index contributed by atoms with van der Waals surface area (Å²) in [6.45, 7) is 0.581. The first-order valence-corrected chi connectivity index (χ1v) is 4.35. The molecule has 0 aliphatic carbocycles. The Balaban J connectivity index is 2.51. The molecule has 12 heavy (non-hydrogen) atoms. The molecular weight excluding hydrogens is 179 g/mol. The van der Waals surface area contributed by atoms with Gasteiger partial charge >= 0.3 is 0 Å². The fourth-order valence-electron chi connectivity index (χ4n) is 1.40. The lowest BCUT2D eigenvalue weighted by Gasteiger charge is -2.02. The van der Waals surface area contributed by atoms with Crippen LogP contribution in [0.5, 0.6) is 5.75 Å². The molecule has 0 aromatic heterocycles. The molecule has 0 spiro atoms. The molecule has 1 aliphatic rings. The average molecular weight is 187 g/mol. The highest BCUT2D eigenvalue weighted by Gasteiger charge is 2.17. The van der Waals surface area contributed by atoms with Gasteiger partial charge in [-0.2, -0.15) is 0 Å². The summed E-state index contributed by atoms with van der Waals surface area (Å²) in [5.74, 6) is 0.467. The molecule has 0 atom stereocenters. The van der Waals surface area contributed by atoms with Crippen molar-refractivity contribution in [2.75, 3.05) is 6.61 Å². The molecule has 0 bridgehead atoms. The Bertz CT molecular complexity index is 312.